The summed E-state index contributed by atoms with van der Waals surface area (Å²) in [7, 11) is 3.17. The zero-order valence-electron chi connectivity index (χ0n) is 11.3. The van der Waals surface area contributed by atoms with Crippen molar-refractivity contribution in [2.24, 2.45) is 7.05 Å². The molecule has 0 aromatic carbocycles. The summed E-state index contributed by atoms with van der Waals surface area (Å²) in [6.07, 6.45) is 2.40. The number of imidazole rings is 1. The summed E-state index contributed by atoms with van der Waals surface area (Å²) in [6, 6.07) is 1.90. The Hall–Kier alpha value is -2.31. The van der Waals surface area contributed by atoms with Gasteiger partial charge in [-0.3, -0.25) is 4.68 Å². The van der Waals surface area contributed by atoms with Crippen molar-refractivity contribution in [3.63, 3.8) is 0 Å². The average Bonchev–Trinajstić information content (AvgIpc) is 2.95. The number of anilines is 1. The number of aromatic nitrogens is 4. The van der Waals surface area contributed by atoms with Gasteiger partial charge in [0.15, 0.2) is 5.69 Å². The molecule has 2 N–H and O–H groups in total. The second-order valence-corrected chi connectivity index (χ2v) is 4.14. The Bertz CT molecular complexity index is 599. The maximum atomic E-state index is 11.6. The van der Waals surface area contributed by atoms with E-state index < -0.39 is 5.97 Å². The molecule has 7 nitrogen and oxygen atoms in total. The quantitative estimate of drug-likeness (QED) is 0.816. The molecule has 7 heteroatoms. The van der Waals surface area contributed by atoms with E-state index in [1.807, 2.05) is 24.6 Å². The first-order valence-corrected chi connectivity index (χ1v) is 5.98. The molecule has 0 saturated heterocycles. The Balaban J connectivity index is 2.42. The Morgan fingerprint density at radius 3 is 2.79 bits per heavy atom. The fraction of sp³-hybridized carbons (Fsp3) is 0.417. The molecule has 0 aliphatic rings. The predicted octanol–water partition coefficient (Wildman–Crippen LogP) is 0.596. The Morgan fingerprint density at radius 1 is 1.53 bits per heavy atom. The molecule has 2 aromatic heterocycles. The minimum atomic E-state index is -0.518. The molecule has 19 heavy (non-hydrogen) atoms. The number of esters is 1. The lowest BCUT2D eigenvalue weighted by Gasteiger charge is -2.09. The van der Waals surface area contributed by atoms with E-state index in [1.165, 1.54) is 7.11 Å². The van der Waals surface area contributed by atoms with Crippen LogP contribution in [0.3, 0.4) is 0 Å². The van der Waals surface area contributed by atoms with Gasteiger partial charge in [-0.15, -0.1) is 0 Å². The topological polar surface area (TPSA) is 88.0 Å². The van der Waals surface area contributed by atoms with Gasteiger partial charge in [0.05, 0.1) is 19.3 Å². The van der Waals surface area contributed by atoms with Crippen molar-refractivity contribution in [1.29, 1.82) is 0 Å². The second-order valence-electron chi connectivity index (χ2n) is 4.14. The first-order valence-electron chi connectivity index (χ1n) is 5.98. The standard InChI is InChI=1S/C12H17N5O2/c1-4-9-15-10(12(18)19-3)11(13)17(9)7-8-5-6-14-16(8)2/h5-6H,4,7,13H2,1-3H3. The Kier molecular flexibility index (Phi) is 3.55. The highest BCUT2D eigenvalue weighted by Gasteiger charge is 2.20. The summed E-state index contributed by atoms with van der Waals surface area (Å²) in [5.74, 6) is 0.556. The van der Waals surface area contributed by atoms with Crippen LogP contribution in [0.25, 0.3) is 0 Å². The average molecular weight is 263 g/mol. The molecule has 0 aliphatic carbocycles. The number of hydrogen-bond acceptors (Lipinski definition) is 5. The van der Waals surface area contributed by atoms with Crippen LogP contribution in [0.15, 0.2) is 12.3 Å². The summed E-state index contributed by atoms with van der Waals surface area (Å²) < 4.78 is 8.25. The van der Waals surface area contributed by atoms with Crippen molar-refractivity contribution in [1.82, 2.24) is 19.3 Å². The SMILES string of the molecule is CCc1nc(C(=O)OC)c(N)n1Cc1ccnn1C. The largest absolute Gasteiger partial charge is 0.464 e. The van der Waals surface area contributed by atoms with Crippen molar-refractivity contribution in [3.8, 4) is 0 Å². The third-order valence-corrected chi connectivity index (χ3v) is 3.02. The smallest absolute Gasteiger partial charge is 0.360 e. The van der Waals surface area contributed by atoms with Gasteiger partial charge in [-0.1, -0.05) is 6.92 Å². The minimum absolute atomic E-state index is 0.168. The van der Waals surface area contributed by atoms with E-state index in [0.717, 1.165) is 11.5 Å². The number of nitrogen functional groups attached to an aromatic ring is 1. The molecular formula is C12H17N5O2. The van der Waals surface area contributed by atoms with Crippen molar-refractivity contribution < 1.29 is 9.53 Å². The van der Waals surface area contributed by atoms with E-state index in [2.05, 4.69) is 14.8 Å². The highest BCUT2D eigenvalue weighted by molar-refractivity contribution is 5.92. The van der Waals surface area contributed by atoms with Crippen LogP contribution < -0.4 is 5.73 Å². The molecular weight excluding hydrogens is 246 g/mol. The first-order chi connectivity index (χ1) is 9.08. The van der Waals surface area contributed by atoms with Crippen LogP contribution in [-0.2, 0) is 24.8 Å². The summed E-state index contributed by atoms with van der Waals surface area (Å²) in [5, 5.41) is 4.11. The molecule has 0 unspecified atom stereocenters. The van der Waals surface area contributed by atoms with Gasteiger partial charge in [0.25, 0.3) is 0 Å². The molecule has 102 valence electrons. The highest BCUT2D eigenvalue weighted by Crippen LogP contribution is 2.18. The van der Waals surface area contributed by atoms with Gasteiger partial charge >= 0.3 is 5.97 Å². The van der Waals surface area contributed by atoms with Crippen molar-refractivity contribution in [2.75, 3.05) is 12.8 Å². The number of carbonyl (C=O) groups excluding carboxylic acids is 1. The lowest BCUT2D eigenvalue weighted by Crippen LogP contribution is -2.12. The van der Waals surface area contributed by atoms with Crippen LogP contribution in [0.5, 0.6) is 0 Å². The van der Waals surface area contributed by atoms with Crippen LogP contribution in [0.4, 0.5) is 5.82 Å². The highest BCUT2D eigenvalue weighted by atomic mass is 16.5. The summed E-state index contributed by atoms with van der Waals surface area (Å²) in [6.45, 7) is 2.48. The van der Waals surface area contributed by atoms with Crippen molar-refractivity contribution >= 4 is 11.8 Å². The summed E-state index contributed by atoms with van der Waals surface area (Å²) in [4.78, 5) is 15.8. The number of nitrogens with two attached hydrogens (primary N) is 1. The molecule has 0 bridgehead atoms. The van der Waals surface area contributed by atoms with Crippen LogP contribution in [0, 0.1) is 0 Å². The van der Waals surface area contributed by atoms with E-state index in [-0.39, 0.29) is 5.69 Å². The van der Waals surface area contributed by atoms with Gasteiger partial charge in [-0.25, -0.2) is 9.78 Å². The van der Waals surface area contributed by atoms with Gasteiger partial charge in [0, 0.05) is 19.7 Å². The fourth-order valence-electron chi connectivity index (χ4n) is 1.93. The van der Waals surface area contributed by atoms with Gasteiger partial charge < -0.3 is 15.0 Å². The zero-order chi connectivity index (χ0) is 14.0. The normalized spacial score (nSPS) is 10.7. The number of carbonyl (C=O) groups is 1. The van der Waals surface area contributed by atoms with Crippen LogP contribution >= 0.6 is 0 Å². The number of methoxy groups -OCH3 is 1. The molecule has 0 aliphatic heterocycles. The van der Waals surface area contributed by atoms with Gasteiger partial charge in [0.2, 0.25) is 0 Å². The molecule has 2 rings (SSSR count). The number of ether oxygens (including phenoxy) is 1. The molecule has 0 atom stereocenters. The zero-order valence-corrected chi connectivity index (χ0v) is 11.3. The molecule has 2 aromatic rings. The third kappa shape index (κ3) is 2.31. The predicted molar refractivity (Wildman–Crippen MR) is 69.7 cm³/mol. The van der Waals surface area contributed by atoms with Crippen LogP contribution in [0.1, 0.15) is 28.9 Å². The lowest BCUT2D eigenvalue weighted by atomic mass is 10.3. The Labute approximate surface area is 111 Å². The maximum absolute atomic E-state index is 11.6. The molecule has 0 fully saturated rings. The van der Waals surface area contributed by atoms with Crippen molar-refractivity contribution in [2.45, 2.75) is 19.9 Å². The Morgan fingerprint density at radius 2 is 2.26 bits per heavy atom. The van der Waals surface area contributed by atoms with Gasteiger partial charge in [-0.2, -0.15) is 5.10 Å². The molecule has 0 spiro atoms. The summed E-state index contributed by atoms with van der Waals surface area (Å²) >= 11 is 0. The number of aryl methyl sites for hydroxylation is 2. The van der Waals surface area contributed by atoms with E-state index in [4.69, 9.17) is 5.73 Å². The fourth-order valence-corrected chi connectivity index (χ4v) is 1.93. The summed E-state index contributed by atoms with van der Waals surface area (Å²) in [5.41, 5.74) is 7.14. The van der Waals surface area contributed by atoms with Gasteiger partial charge in [0.1, 0.15) is 11.6 Å². The molecule has 0 saturated carbocycles. The monoisotopic (exact) mass is 263 g/mol. The van der Waals surface area contributed by atoms with E-state index in [9.17, 15) is 4.79 Å². The van der Waals surface area contributed by atoms with Crippen LogP contribution in [-0.4, -0.2) is 32.4 Å². The third-order valence-electron chi connectivity index (χ3n) is 3.02. The minimum Gasteiger partial charge on any atom is -0.464 e. The second kappa shape index (κ2) is 5.13. The van der Waals surface area contributed by atoms with E-state index in [0.29, 0.717) is 18.8 Å². The molecule has 0 amide bonds. The van der Waals surface area contributed by atoms with Gasteiger partial charge in [-0.05, 0) is 6.07 Å². The molecule has 0 radical (unpaired) electrons. The van der Waals surface area contributed by atoms with E-state index >= 15 is 0 Å². The number of hydrogen-bond donors (Lipinski definition) is 1. The maximum Gasteiger partial charge on any atom is 0.360 e. The van der Waals surface area contributed by atoms with Crippen LogP contribution in [0.2, 0.25) is 0 Å². The lowest BCUT2D eigenvalue weighted by molar-refractivity contribution is 0.0595. The van der Waals surface area contributed by atoms with E-state index in [1.54, 1.807) is 10.9 Å². The van der Waals surface area contributed by atoms with Crippen molar-refractivity contribution in [3.05, 3.63) is 29.5 Å². The molecule has 2 heterocycles. The first kappa shape index (κ1) is 13.1. The number of nitrogens with zero attached hydrogens (tertiary/aromatic N) is 4. The number of rotatable bonds is 4.